The average molecular weight is 432 g/mol. The highest BCUT2D eigenvalue weighted by atomic mass is 16.5. The Morgan fingerprint density at radius 2 is 1.62 bits per heavy atom. The second-order valence-corrected chi connectivity index (χ2v) is 8.30. The summed E-state index contributed by atoms with van der Waals surface area (Å²) in [6.45, 7) is 7.97. The Labute approximate surface area is 189 Å². The lowest BCUT2D eigenvalue weighted by atomic mass is 10.1. The first-order valence-corrected chi connectivity index (χ1v) is 10.8. The van der Waals surface area contributed by atoms with Crippen molar-refractivity contribution in [2.45, 2.75) is 13.8 Å². The van der Waals surface area contributed by atoms with E-state index in [9.17, 15) is 4.79 Å². The van der Waals surface area contributed by atoms with Gasteiger partial charge in [0.05, 0.1) is 5.69 Å². The molecule has 0 saturated carbocycles. The van der Waals surface area contributed by atoms with Crippen LogP contribution in [0.1, 0.15) is 11.1 Å². The van der Waals surface area contributed by atoms with Crippen LogP contribution in [-0.4, -0.2) is 60.8 Å². The number of benzene rings is 2. The molecule has 1 N–H and O–H groups in total. The minimum absolute atomic E-state index is 0.0378. The largest absolute Gasteiger partial charge is 0.484 e. The molecular formula is C25H29N5O2. The van der Waals surface area contributed by atoms with Gasteiger partial charge in [-0.25, -0.2) is 0 Å². The van der Waals surface area contributed by atoms with Gasteiger partial charge < -0.3 is 19.9 Å². The van der Waals surface area contributed by atoms with Crippen LogP contribution in [0.3, 0.4) is 0 Å². The van der Waals surface area contributed by atoms with Crippen LogP contribution in [0.5, 0.6) is 5.75 Å². The highest BCUT2D eigenvalue weighted by Crippen LogP contribution is 2.21. The molecule has 1 saturated heterocycles. The van der Waals surface area contributed by atoms with Crippen LogP contribution in [0, 0.1) is 13.8 Å². The molecule has 7 nitrogen and oxygen atoms in total. The van der Waals surface area contributed by atoms with E-state index in [2.05, 4.69) is 38.4 Å². The van der Waals surface area contributed by atoms with Gasteiger partial charge in [0.25, 0.3) is 5.91 Å². The number of carbonyl (C=O) groups is 1. The van der Waals surface area contributed by atoms with Crippen molar-refractivity contribution in [3.8, 4) is 17.0 Å². The molecule has 0 atom stereocenters. The summed E-state index contributed by atoms with van der Waals surface area (Å²) >= 11 is 0. The molecule has 0 radical (unpaired) electrons. The molecule has 0 unspecified atom stereocenters. The minimum Gasteiger partial charge on any atom is -0.484 e. The molecule has 3 aromatic rings. The summed E-state index contributed by atoms with van der Waals surface area (Å²) in [6, 6.07) is 17.5. The van der Waals surface area contributed by atoms with Gasteiger partial charge in [0.15, 0.2) is 12.4 Å². The molecule has 2 heterocycles. The molecule has 1 aliphatic heterocycles. The molecule has 1 aromatic heterocycles. The maximum atomic E-state index is 12.3. The maximum absolute atomic E-state index is 12.3. The molecule has 1 aliphatic rings. The van der Waals surface area contributed by atoms with Gasteiger partial charge in [-0.2, -0.15) is 0 Å². The number of ether oxygens (including phenoxy) is 1. The van der Waals surface area contributed by atoms with Crippen LogP contribution in [0.4, 0.5) is 11.5 Å². The summed E-state index contributed by atoms with van der Waals surface area (Å²) < 4.78 is 5.62. The number of rotatable bonds is 6. The van der Waals surface area contributed by atoms with Crippen molar-refractivity contribution in [3.05, 3.63) is 65.7 Å². The van der Waals surface area contributed by atoms with Crippen molar-refractivity contribution >= 4 is 17.4 Å². The topological polar surface area (TPSA) is 70.6 Å². The quantitative estimate of drug-likeness (QED) is 0.644. The molecule has 7 heteroatoms. The molecule has 1 amide bonds. The molecule has 1 fully saturated rings. The first-order chi connectivity index (χ1) is 15.5. The smallest absolute Gasteiger partial charge is 0.262 e. The number of aromatic nitrogens is 2. The number of amides is 1. The number of carbonyl (C=O) groups excluding carboxylic acids is 1. The molecular weight excluding hydrogens is 402 g/mol. The molecule has 4 rings (SSSR count). The lowest BCUT2D eigenvalue weighted by molar-refractivity contribution is -0.118. The first kappa shape index (κ1) is 21.8. The number of piperazine rings is 1. The van der Waals surface area contributed by atoms with Crippen molar-refractivity contribution in [2.24, 2.45) is 0 Å². The van der Waals surface area contributed by atoms with Crippen LogP contribution in [0.15, 0.2) is 54.6 Å². The second-order valence-electron chi connectivity index (χ2n) is 8.30. The van der Waals surface area contributed by atoms with E-state index in [0.29, 0.717) is 11.4 Å². The fourth-order valence-electron chi connectivity index (χ4n) is 3.77. The molecule has 166 valence electrons. The number of nitrogens with one attached hydrogen (secondary N) is 1. The van der Waals surface area contributed by atoms with Gasteiger partial charge in [-0.3, -0.25) is 4.79 Å². The predicted octanol–water partition coefficient (Wildman–Crippen LogP) is 3.53. The van der Waals surface area contributed by atoms with E-state index in [1.807, 2.05) is 62.4 Å². The number of hydrogen-bond donors (Lipinski definition) is 1. The van der Waals surface area contributed by atoms with Crippen LogP contribution >= 0.6 is 0 Å². The Morgan fingerprint density at radius 1 is 0.938 bits per heavy atom. The summed E-state index contributed by atoms with van der Waals surface area (Å²) in [5, 5.41) is 11.7. The average Bonchev–Trinajstić information content (AvgIpc) is 2.78. The van der Waals surface area contributed by atoms with Crippen molar-refractivity contribution in [1.29, 1.82) is 0 Å². The standard InChI is InChI=1S/C25H29N5O2/c1-18-14-19(2)16-22(15-18)32-17-25(31)26-21-6-4-20(5-7-21)23-8-9-24(28-27-23)30-12-10-29(3)11-13-30/h4-9,14-16H,10-13,17H2,1-3H3,(H,26,31). The zero-order valence-corrected chi connectivity index (χ0v) is 18.8. The summed E-state index contributed by atoms with van der Waals surface area (Å²) in [7, 11) is 2.14. The Kier molecular flexibility index (Phi) is 6.66. The van der Waals surface area contributed by atoms with E-state index in [-0.39, 0.29) is 12.5 Å². The van der Waals surface area contributed by atoms with Gasteiger partial charge in [0, 0.05) is 37.4 Å². The van der Waals surface area contributed by atoms with Crippen LogP contribution in [0.25, 0.3) is 11.3 Å². The molecule has 32 heavy (non-hydrogen) atoms. The van der Waals surface area contributed by atoms with Gasteiger partial charge in [0.1, 0.15) is 5.75 Å². The zero-order chi connectivity index (χ0) is 22.5. The number of likely N-dealkylation sites (N-methyl/N-ethyl adjacent to an activating group) is 1. The van der Waals surface area contributed by atoms with Crippen molar-refractivity contribution < 1.29 is 9.53 Å². The number of anilines is 2. The van der Waals surface area contributed by atoms with E-state index in [4.69, 9.17) is 4.74 Å². The predicted molar refractivity (Wildman–Crippen MR) is 127 cm³/mol. The lowest BCUT2D eigenvalue weighted by Gasteiger charge is -2.32. The van der Waals surface area contributed by atoms with Gasteiger partial charge in [-0.15, -0.1) is 10.2 Å². The van der Waals surface area contributed by atoms with Crippen molar-refractivity contribution in [1.82, 2.24) is 15.1 Å². The van der Waals surface area contributed by atoms with E-state index < -0.39 is 0 Å². The fraction of sp³-hybridized carbons (Fsp3) is 0.320. The van der Waals surface area contributed by atoms with Crippen molar-refractivity contribution in [2.75, 3.05) is 50.1 Å². The van der Waals surface area contributed by atoms with E-state index >= 15 is 0 Å². The van der Waals surface area contributed by atoms with Crippen molar-refractivity contribution in [3.63, 3.8) is 0 Å². The van der Waals surface area contributed by atoms with E-state index in [1.54, 1.807) is 0 Å². The molecule has 2 aromatic carbocycles. The summed E-state index contributed by atoms with van der Waals surface area (Å²) in [5.41, 5.74) is 4.68. The second kappa shape index (κ2) is 9.78. The molecule has 0 spiro atoms. The van der Waals surface area contributed by atoms with E-state index in [0.717, 1.165) is 54.4 Å². The number of hydrogen-bond acceptors (Lipinski definition) is 6. The Morgan fingerprint density at radius 3 is 2.25 bits per heavy atom. The molecule has 0 aliphatic carbocycles. The van der Waals surface area contributed by atoms with Gasteiger partial charge in [-0.1, -0.05) is 18.2 Å². The van der Waals surface area contributed by atoms with Crippen LogP contribution < -0.4 is 15.0 Å². The third kappa shape index (κ3) is 5.62. The van der Waals surface area contributed by atoms with Crippen LogP contribution in [-0.2, 0) is 4.79 Å². The molecule has 0 bridgehead atoms. The minimum atomic E-state index is -0.201. The normalized spacial score (nSPS) is 14.3. The summed E-state index contributed by atoms with van der Waals surface area (Å²) in [5.74, 6) is 1.41. The SMILES string of the molecule is Cc1cc(C)cc(OCC(=O)Nc2ccc(-c3ccc(N4CCN(C)CC4)nn3)cc2)c1. The third-order valence-electron chi connectivity index (χ3n) is 5.51. The van der Waals surface area contributed by atoms with Crippen LogP contribution in [0.2, 0.25) is 0 Å². The van der Waals surface area contributed by atoms with Gasteiger partial charge in [0.2, 0.25) is 0 Å². The fourth-order valence-corrected chi connectivity index (χ4v) is 3.77. The first-order valence-electron chi connectivity index (χ1n) is 10.8. The highest BCUT2D eigenvalue weighted by Gasteiger charge is 2.15. The lowest BCUT2D eigenvalue weighted by Crippen LogP contribution is -2.44. The Balaban J connectivity index is 1.32. The summed E-state index contributed by atoms with van der Waals surface area (Å²) in [4.78, 5) is 16.8. The Hall–Kier alpha value is -3.45. The zero-order valence-electron chi connectivity index (χ0n) is 18.8. The number of nitrogens with zero attached hydrogens (tertiary/aromatic N) is 4. The highest BCUT2D eigenvalue weighted by molar-refractivity contribution is 5.92. The number of aryl methyl sites for hydroxylation is 2. The Bertz CT molecular complexity index is 1040. The third-order valence-corrected chi connectivity index (χ3v) is 5.51. The monoisotopic (exact) mass is 431 g/mol. The van der Waals surface area contributed by atoms with E-state index in [1.165, 1.54) is 0 Å². The van der Waals surface area contributed by atoms with Gasteiger partial charge in [-0.05, 0) is 68.4 Å². The van der Waals surface area contributed by atoms with Gasteiger partial charge >= 0.3 is 0 Å². The summed E-state index contributed by atoms with van der Waals surface area (Å²) in [6.07, 6.45) is 0. The maximum Gasteiger partial charge on any atom is 0.262 e.